The summed E-state index contributed by atoms with van der Waals surface area (Å²) >= 11 is 0. The predicted octanol–water partition coefficient (Wildman–Crippen LogP) is 4.04. The topological polar surface area (TPSA) is 36.9 Å². The lowest BCUT2D eigenvalue weighted by Gasteiger charge is -2.25. The summed E-state index contributed by atoms with van der Waals surface area (Å²) in [6.07, 6.45) is 0.450. The maximum atomic E-state index is 5.36. The second-order valence-electron chi connectivity index (χ2n) is 7.25. The maximum Gasteiger partial charge on any atom is 0.158 e. The molecule has 0 heterocycles. The fourth-order valence-electron chi connectivity index (χ4n) is 0.901. The van der Waals surface area contributed by atoms with Crippen LogP contribution in [0, 0.1) is 11.8 Å². The van der Waals surface area contributed by atoms with Crippen LogP contribution in [0.15, 0.2) is 0 Å². The van der Waals surface area contributed by atoms with Gasteiger partial charge in [0.05, 0.1) is 11.2 Å². The molecule has 4 heteroatoms. The van der Waals surface area contributed by atoms with E-state index in [0.29, 0.717) is 0 Å². The minimum atomic E-state index is -0.703. The molecule has 0 aliphatic heterocycles. The minimum Gasteiger partial charge on any atom is -0.230 e. The van der Waals surface area contributed by atoms with Gasteiger partial charge in [0, 0.05) is 0 Å². The fraction of sp³-hybridized carbons (Fsp3) is 0.875. The van der Waals surface area contributed by atoms with Crippen LogP contribution in [0.3, 0.4) is 0 Å². The van der Waals surface area contributed by atoms with Crippen molar-refractivity contribution in [3.8, 4) is 11.8 Å². The van der Waals surface area contributed by atoms with E-state index in [-0.39, 0.29) is 17.3 Å². The van der Waals surface area contributed by atoms with Crippen molar-refractivity contribution in [3.63, 3.8) is 0 Å². The molecule has 0 aromatic heterocycles. The standard InChI is InChI=1S/C16H30O4/c1-10-13(17-18-14(2,3)4)11-12-16(8,9)20-19-15(5,6)7/h13H,10H2,1-9H3. The van der Waals surface area contributed by atoms with E-state index in [0.717, 1.165) is 6.42 Å². The highest BCUT2D eigenvalue weighted by Gasteiger charge is 2.22. The predicted molar refractivity (Wildman–Crippen MR) is 79.8 cm³/mol. The van der Waals surface area contributed by atoms with Crippen LogP contribution in [0.25, 0.3) is 0 Å². The molecule has 1 atom stereocenters. The lowest BCUT2D eigenvalue weighted by molar-refractivity contribution is -0.384. The average Bonchev–Trinajstić information content (AvgIpc) is 2.24. The molecule has 0 aliphatic rings. The first-order valence-electron chi connectivity index (χ1n) is 7.09. The molecule has 0 aromatic carbocycles. The van der Waals surface area contributed by atoms with Gasteiger partial charge in [-0.05, 0) is 61.8 Å². The first-order valence-corrected chi connectivity index (χ1v) is 7.09. The van der Waals surface area contributed by atoms with E-state index in [2.05, 4.69) is 11.8 Å². The van der Waals surface area contributed by atoms with Gasteiger partial charge >= 0.3 is 0 Å². The summed E-state index contributed by atoms with van der Waals surface area (Å²) in [5.74, 6) is 6.03. The van der Waals surface area contributed by atoms with Gasteiger partial charge in [0.25, 0.3) is 0 Å². The Balaban J connectivity index is 4.49. The van der Waals surface area contributed by atoms with E-state index in [1.54, 1.807) is 0 Å². The van der Waals surface area contributed by atoms with Crippen LogP contribution in [0.2, 0.25) is 0 Å². The van der Waals surface area contributed by atoms with Crippen molar-refractivity contribution in [1.29, 1.82) is 0 Å². The Labute approximate surface area is 124 Å². The van der Waals surface area contributed by atoms with Crippen LogP contribution in [-0.4, -0.2) is 22.9 Å². The van der Waals surface area contributed by atoms with Crippen LogP contribution >= 0.6 is 0 Å². The number of hydrogen-bond donors (Lipinski definition) is 0. The van der Waals surface area contributed by atoms with Crippen LogP contribution in [0.4, 0.5) is 0 Å². The van der Waals surface area contributed by atoms with Gasteiger partial charge in [0.1, 0.15) is 0 Å². The molecule has 0 aliphatic carbocycles. The smallest absolute Gasteiger partial charge is 0.158 e. The van der Waals surface area contributed by atoms with E-state index in [9.17, 15) is 0 Å². The minimum absolute atomic E-state index is 0.285. The molecule has 0 saturated carbocycles. The lowest BCUT2D eigenvalue weighted by Crippen LogP contribution is -2.30. The van der Waals surface area contributed by atoms with Gasteiger partial charge in [-0.1, -0.05) is 18.8 Å². The van der Waals surface area contributed by atoms with Crippen molar-refractivity contribution in [2.75, 3.05) is 0 Å². The third-order valence-electron chi connectivity index (χ3n) is 1.82. The molecular weight excluding hydrogens is 256 g/mol. The van der Waals surface area contributed by atoms with Gasteiger partial charge in [-0.2, -0.15) is 0 Å². The molecule has 118 valence electrons. The largest absolute Gasteiger partial charge is 0.230 e. The SMILES string of the molecule is CCC(C#CC(C)(C)OOC(C)(C)C)OOC(C)(C)C. The monoisotopic (exact) mass is 286 g/mol. The first-order chi connectivity index (χ1) is 8.85. The highest BCUT2D eigenvalue weighted by atomic mass is 17.2. The first kappa shape index (κ1) is 19.4. The van der Waals surface area contributed by atoms with E-state index in [4.69, 9.17) is 19.6 Å². The van der Waals surface area contributed by atoms with E-state index >= 15 is 0 Å². The third kappa shape index (κ3) is 11.2. The molecule has 20 heavy (non-hydrogen) atoms. The molecule has 0 fully saturated rings. The summed E-state index contributed by atoms with van der Waals surface area (Å²) in [4.78, 5) is 21.3. The summed E-state index contributed by atoms with van der Waals surface area (Å²) in [6, 6.07) is 0. The molecule has 4 nitrogen and oxygen atoms in total. The van der Waals surface area contributed by atoms with Gasteiger partial charge in [-0.3, -0.25) is 0 Å². The summed E-state index contributed by atoms with van der Waals surface area (Å²) in [6.45, 7) is 17.2. The zero-order valence-electron chi connectivity index (χ0n) is 14.4. The Morgan fingerprint density at radius 1 is 0.800 bits per heavy atom. The quantitative estimate of drug-likeness (QED) is 0.434. The van der Waals surface area contributed by atoms with E-state index in [1.807, 2.05) is 62.3 Å². The normalized spacial score (nSPS) is 14.7. The second kappa shape index (κ2) is 7.42. The molecule has 0 aromatic rings. The van der Waals surface area contributed by atoms with Crippen molar-refractivity contribution < 1.29 is 19.6 Å². The molecule has 1 unspecified atom stereocenters. The van der Waals surface area contributed by atoms with Crippen LogP contribution < -0.4 is 0 Å². The molecule has 0 spiro atoms. The van der Waals surface area contributed by atoms with Crippen LogP contribution in [0.1, 0.15) is 68.7 Å². The van der Waals surface area contributed by atoms with Crippen molar-refractivity contribution in [1.82, 2.24) is 0 Å². The Morgan fingerprint density at radius 3 is 1.70 bits per heavy atom. The molecule has 0 saturated heterocycles. The van der Waals surface area contributed by atoms with Crippen LogP contribution in [-0.2, 0) is 19.6 Å². The van der Waals surface area contributed by atoms with Crippen molar-refractivity contribution in [2.45, 2.75) is 91.6 Å². The Kier molecular flexibility index (Phi) is 7.20. The van der Waals surface area contributed by atoms with Gasteiger partial charge < -0.3 is 0 Å². The Bertz CT molecular complexity index is 336. The highest BCUT2D eigenvalue weighted by Crippen LogP contribution is 2.16. The van der Waals surface area contributed by atoms with Crippen LogP contribution in [0.5, 0.6) is 0 Å². The van der Waals surface area contributed by atoms with Gasteiger partial charge in [-0.15, -0.1) is 0 Å². The summed E-state index contributed by atoms with van der Waals surface area (Å²) < 4.78 is 0. The van der Waals surface area contributed by atoms with Crippen molar-refractivity contribution >= 4 is 0 Å². The van der Waals surface area contributed by atoms with Gasteiger partial charge in [0.15, 0.2) is 11.7 Å². The molecule has 0 N–H and O–H groups in total. The molecule has 0 bridgehead atoms. The second-order valence-corrected chi connectivity index (χ2v) is 7.25. The zero-order chi connectivity index (χ0) is 16.0. The lowest BCUT2D eigenvalue weighted by atomic mass is 10.1. The van der Waals surface area contributed by atoms with E-state index in [1.165, 1.54) is 0 Å². The van der Waals surface area contributed by atoms with Crippen molar-refractivity contribution in [3.05, 3.63) is 0 Å². The number of rotatable bonds is 5. The average molecular weight is 286 g/mol. The maximum absolute atomic E-state index is 5.36. The third-order valence-corrected chi connectivity index (χ3v) is 1.82. The summed E-state index contributed by atoms with van der Waals surface area (Å²) in [5, 5.41) is 0. The molecule has 0 rings (SSSR count). The van der Waals surface area contributed by atoms with Gasteiger partial charge in [-0.25, -0.2) is 19.6 Å². The molecule has 0 amide bonds. The molecular formula is C16H30O4. The number of hydrogen-bond acceptors (Lipinski definition) is 4. The van der Waals surface area contributed by atoms with Gasteiger partial charge in [0.2, 0.25) is 0 Å². The highest BCUT2D eigenvalue weighted by molar-refractivity contribution is 5.14. The van der Waals surface area contributed by atoms with E-state index < -0.39 is 5.60 Å². The zero-order valence-corrected chi connectivity index (χ0v) is 14.4. The Morgan fingerprint density at radius 2 is 1.30 bits per heavy atom. The van der Waals surface area contributed by atoms with Crippen molar-refractivity contribution in [2.24, 2.45) is 0 Å². The fourth-order valence-corrected chi connectivity index (χ4v) is 0.901. The summed E-state index contributed by atoms with van der Waals surface area (Å²) in [5.41, 5.74) is -1.42. The summed E-state index contributed by atoms with van der Waals surface area (Å²) in [7, 11) is 0. The Hall–Kier alpha value is -0.600. The molecule has 0 radical (unpaired) electrons.